The van der Waals surface area contributed by atoms with Crippen LogP contribution in [0.3, 0.4) is 0 Å². The Bertz CT molecular complexity index is 909. The monoisotopic (exact) mass is 462 g/mol. The van der Waals surface area contributed by atoms with Crippen molar-refractivity contribution in [1.82, 2.24) is 14.7 Å². The largest absolute Gasteiger partial charge is 0.373 e. The molecule has 2 aromatic rings. The van der Waals surface area contributed by atoms with E-state index in [0.29, 0.717) is 55.7 Å². The molecule has 32 heavy (non-hydrogen) atoms. The van der Waals surface area contributed by atoms with E-state index in [1.165, 1.54) is 36.4 Å². The fourth-order valence-electron chi connectivity index (χ4n) is 3.37. The maximum atomic E-state index is 13.3. The number of ether oxygens (including phenoxy) is 1. The minimum atomic E-state index is -0.380. The van der Waals surface area contributed by atoms with Crippen molar-refractivity contribution >= 4 is 28.9 Å². The van der Waals surface area contributed by atoms with Gasteiger partial charge in [-0.3, -0.25) is 4.79 Å². The molecule has 6 nitrogen and oxygen atoms in total. The quantitative estimate of drug-likeness (QED) is 0.639. The van der Waals surface area contributed by atoms with Crippen LogP contribution in [0.1, 0.15) is 10.4 Å². The summed E-state index contributed by atoms with van der Waals surface area (Å²) in [6.07, 6.45) is -0.233. The molecule has 1 N–H and O–H groups in total. The minimum Gasteiger partial charge on any atom is -0.373 e. The first-order valence-corrected chi connectivity index (χ1v) is 10.9. The predicted octanol–water partition coefficient (Wildman–Crippen LogP) is 3.07. The summed E-state index contributed by atoms with van der Waals surface area (Å²) in [5.41, 5.74) is 1.14. The van der Waals surface area contributed by atoms with Gasteiger partial charge in [-0.2, -0.15) is 0 Å². The SMILES string of the molecule is CN(C)CCN(C[C@@H]1CN(C(=S)Nc2ccc(F)cc2)CCO1)C(=O)c1ccc(F)cc1. The van der Waals surface area contributed by atoms with E-state index in [0.717, 1.165) is 0 Å². The lowest BCUT2D eigenvalue weighted by Crippen LogP contribution is -2.52. The molecule has 1 heterocycles. The molecule has 0 bridgehead atoms. The molecular weight excluding hydrogens is 434 g/mol. The van der Waals surface area contributed by atoms with Crippen molar-refractivity contribution in [2.45, 2.75) is 6.10 Å². The molecule has 0 aromatic heterocycles. The first-order chi connectivity index (χ1) is 15.3. The van der Waals surface area contributed by atoms with Crippen molar-refractivity contribution in [3.8, 4) is 0 Å². The second-order valence-corrected chi connectivity index (χ2v) is 8.32. The Morgan fingerprint density at radius 2 is 1.72 bits per heavy atom. The van der Waals surface area contributed by atoms with Crippen molar-refractivity contribution in [2.24, 2.45) is 0 Å². The normalized spacial score (nSPS) is 16.2. The van der Waals surface area contributed by atoms with Gasteiger partial charge in [0.15, 0.2) is 5.11 Å². The van der Waals surface area contributed by atoms with Crippen LogP contribution in [0.2, 0.25) is 0 Å². The number of hydrogen-bond acceptors (Lipinski definition) is 4. The summed E-state index contributed by atoms with van der Waals surface area (Å²) in [5.74, 6) is -0.856. The van der Waals surface area contributed by atoms with Crippen LogP contribution in [0.25, 0.3) is 0 Å². The number of carbonyl (C=O) groups is 1. The van der Waals surface area contributed by atoms with Crippen LogP contribution in [0, 0.1) is 11.6 Å². The fraction of sp³-hybridized carbons (Fsp3) is 0.391. The van der Waals surface area contributed by atoms with Gasteiger partial charge in [0, 0.05) is 44.0 Å². The van der Waals surface area contributed by atoms with E-state index in [2.05, 4.69) is 5.32 Å². The van der Waals surface area contributed by atoms with Crippen molar-refractivity contribution in [2.75, 3.05) is 58.7 Å². The lowest BCUT2D eigenvalue weighted by Gasteiger charge is -2.37. The average molecular weight is 463 g/mol. The van der Waals surface area contributed by atoms with Crippen LogP contribution >= 0.6 is 12.2 Å². The molecule has 1 aliphatic heterocycles. The number of rotatable bonds is 7. The van der Waals surface area contributed by atoms with E-state index in [1.54, 1.807) is 17.0 Å². The predicted molar refractivity (Wildman–Crippen MR) is 125 cm³/mol. The molecule has 0 unspecified atom stereocenters. The van der Waals surface area contributed by atoms with E-state index in [1.807, 2.05) is 23.9 Å². The summed E-state index contributed by atoms with van der Waals surface area (Å²) in [7, 11) is 3.89. The first kappa shape index (κ1) is 24.0. The van der Waals surface area contributed by atoms with Crippen molar-refractivity contribution < 1.29 is 18.3 Å². The van der Waals surface area contributed by atoms with Gasteiger partial charge in [0.1, 0.15) is 11.6 Å². The average Bonchev–Trinajstić information content (AvgIpc) is 2.78. The van der Waals surface area contributed by atoms with E-state index in [-0.39, 0.29) is 23.6 Å². The number of morpholine rings is 1. The van der Waals surface area contributed by atoms with Crippen LogP contribution in [0.4, 0.5) is 14.5 Å². The molecule has 2 aromatic carbocycles. The highest BCUT2D eigenvalue weighted by Crippen LogP contribution is 2.14. The molecule has 0 aliphatic carbocycles. The van der Waals surface area contributed by atoms with Gasteiger partial charge in [-0.25, -0.2) is 8.78 Å². The van der Waals surface area contributed by atoms with Gasteiger partial charge >= 0.3 is 0 Å². The van der Waals surface area contributed by atoms with Crippen LogP contribution in [0.5, 0.6) is 0 Å². The molecule has 9 heteroatoms. The van der Waals surface area contributed by atoms with Gasteiger partial charge < -0.3 is 24.8 Å². The third-order valence-electron chi connectivity index (χ3n) is 5.14. The van der Waals surface area contributed by atoms with E-state index in [4.69, 9.17) is 17.0 Å². The molecule has 172 valence electrons. The van der Waals surface area contributed by atoms with E-state index < -0.39 is 0 Å². The van der Waals surface area contributed by atoms with E-state index >= 15 is 0 Å². The maximum Gasteiger partial charge on any atom is 0.253 e. The van der Waals surface area contributed by atoms with Crippen LogP contribution < -0.4 is 5.32 Å². The first-order valence-electron chi connectivity index (χ1n) is 10.4. The van der Waals surface area contributed by atoms with Gasteiger partial charge in [0.05, 0.1) is 12.7 Å². The number of nitrogens with zero attached hydrogens (tertiary/aromatic N) is 3. The summed E-state index contributed by atoms with van der Waals surface area (Å²) < 4.78 is 32.3. The fourth-order valence-corrected chi connectivity index (χ4v) is 3.65. The standard InChI is InChI=1S/C23H28F2N4O2S/c1-27(2)11-12-28(22(30)17-3-5-18(24)6-4-17)15-21-16-29(13-14-31-21)23(32)26-20-9-7-19(25)8-10-20/h3-10,21H,11-16H2,1-2H3,(H,26,32)/t21-/m1/s1. The Morgan fingerprint density at radius 1 is 1.09 bits per heavy atom. The van der Waals surface area contributed by atoms with Crippen molar-refractivity contribution in [3.63, 3.8) is 0 Å². The Hall–Kier alpha value is -2.62. The number of halogens is 2. The zero-order valence-electron chi connectivity index (χ0n) is 18.3. The topological polar surface area (TPSA) is 48.0 Å². The van der Waals surface area contributed by atoms with E-state index in [9.17, 15) is 13.6 Å². The summed E-state index contributed by atoms with van der Waals surface area (Å²) in [4.78, 5) is 18.8. The van der Waals surface area contributed by atoms with Gasteiger partial charge in [-0.15, -0.1) is 0 Å². The van der Waals surface area contributed by atoms with Gasteiger partial charge in [0.25, 0.3) is 5.91 Å². The third kappa shape index (κ3) is 6.94. The molecule has 0 saturated carbocycles. The number of benzene rings is 2. The number of hydrogen-bond donors (Lipinski definition) is 1. The second kappa shape index (κ2) is 11.3. The molecule has 3 rings (SSSR count). The summed E-state index contributed by atoms with van der Waals surface area (Å²) in [5, 5.41) is 3.64. The number of likely N-dealkylation sites (N-methyl/N-ethyl adjacent to an activating group) is 1. The third-order valence-corrected chi connectivity index (χ3v) is 5.50. The van der Waals surface area contributed by atoms with Crippen LogP contribution in [-0.4, -0.2) is 85.2 Å². The molecule has 1 aliphatic rings. The Balaban J connectivity index is 1.64. The number of anilines is 1. The van der Waals surface area contributed by atoms with Crippen molar-refractivity contribution in [1.29, 1.82) is 0 Å². The van der Waals surface area contributed by atoms with Crippen molar-refractivity contribution in [3.05, 3.63) is 65.7 Å². The highest BCUT2D eigenvalue weighted by atomic mass is 32.1. The zero-order chi connectivity index (χ0) is 23.1. The Labute approximate surface area is 192 Å². The molecule has 0 radical (unpaired) electrons. The van der Waals surface area contributed by atoms with Gasteiger partial charge in [0.2, 0.25) is 0 Å². The zero-order valence-corrected chi connectivity index (χ0v) is 19.1. The molecule has 1 fully saturated rings. The Kier molecular flexibility index (Phi) is 8.49. The number of thiocarbonyl (C=S) groups is 1. The Morgan fingerprint density at radius 3 is 2.34 bits per heavy atom. The summed E-state index contributed by atoms with van der Waals surface area (Å²) in [6.45, 7) is 3.20. The maximum absolute atomic E-state index is 13.3. The minimum absolute atomic E-state index is 0.167. The highest BCUT2D eigenvalue weighted by molar-refractivity contribution is 7.80. The van der Waals surface area contributed by atoms with Crippen LogP contribution in [-0.2, 0) is 4.74 Å². The second-order valence-electron chi connectivity index (χ2n) is 7.94. The lowest BCUT2D eigenvalue weighted by atomic mass is 10.1. The highest BCUT2D eigenvalue weighted by Gasteiger charge is 2.27. The number of carbonyl (C=O) groups excluding carboxylic acids is 1. The molecule has 1 amide bonds. The molecule has 1 saturated heterocycles. The number of nitrogens with one attached hydrogen (secondary N) is 1. The van der Waals surface area contributed by atoms with Gasteiger partial charge in [-0.05, 0) is 74.8 Å². The molecule has 0 spiro atoms. The van der Waals surface area contributed by atoms with Gasteiger partial charge in [-0.1, -0.05) is 0 Å². The number of amides is 1. The molecular formula is C23H28F2N4O2S. The van der Waals surface area contributed by atoms with Crippen LogP contribution in [0.15, 0.2) is 48.5 Å². The smallest absolute Gasteiger partial charge is 0.253 e. The lowest BCUT2D eigenvalue weighted by molar-refractivity contribution is -0.0208. The summed E-state index contributed by atoms with van der Waals surface area (Å²) >= 11 is 5.52. The summed E-state index contributed by atoms with van der Waals surface area (Å²) in [6, 6.07) is 11.6. The molecule has 1 atom stereocenters.